The summed E-state index contributed by atoms with van der Waals surface area (Å²) < 4.78 is 10.7. The summed E-state index contributed by atoms with van der Waals surface area (Å²) in [4.78, 5) is 12.5. The third-order valence-electron chi connectivity index (χ3n) is 3.86. The van der Waals surface area contributed by atoms with Crippen LogP contribution in [0.2, 0.25) is 5.02 Å². The lowest BCUT2D eigenvalue weighted by molar-refractivity contribution is 0.0919. The van der Waals surface area contributed by atoms with E-state index in [0.717, 1.165) is 19.4 Å². The van der Waals surface area contributed by atoms with Crippen molar-refractivity contribution < 1.29 is 14.3 Å². The smallest absolute Gasteiger partial charge is 0.251 e. The summed E-state index contributed by atoms with van der Waals surface area (Å²) in [5.74, 6) is 0.786. The van der Waals surface area contributed by atoms with Gasteiger partial charge in [-0.15, -0.1) is 0 Å². The molecule has 0 aliphatic carbocycles. The largest absolute Gasteiger partial charge is 0.493 e. The summed E-state index contributed by atoms with van der Waals surface area (Å²) in [6, 6.07) is 3.66. The molecule has 1 aliphatic heterocycles. The van der Waals surface area contributed by atoms with Crippen LogP contribution in [-0.2, 0) is 0 Å². The second kappa shape index (κ2) is 7.70. The third-order valence-corrected chi connectivity index (χ3v) is 4.14. The maximum absolute atomic E-state index is 12.5. The summed E-state index contributed by atoms with van der Waals surface area (Å²) in [5.41, 5.74) is 0.475. The molecule has 2 rings (SSSR count). The minimum Gasteiger partial charge on any atom is -0.493 e. The fraction of sp³-hybridized carbons (Fsp3) is 0.562. The zero-order chi connectivity index (χ0) is 16.1. The van der Waals surface area contributed by atoms with E-state index in [-0.39, 0.29) is 18.0 Å². The Morgan fingerprint density at radius 2 is 2.27 bits per heavy atom. The molecule has 1 aromatic rings. The lowest BCUT2D eigenvalue weighted by atomic mass is 9.99. The number of piperidine rings is 1. The Bertz CT molecular complexity index is 536. The molecule has 6 heteroatoms. The average Bonchev–Trinajstić information content (AvgIpc) is 2.51. The molecule has 0 bridgehead atoms. The normalized spacial score (nSPS) is 21.3. The maximum Gasteiger partial charge on any atom is 0.251 e. The Kier molecular flexibility index (Phi) is 5.91. The summed E-state index contributed by atoms with van der Waals surface area (Å²) in [7, 11) is 1.53. The number of hydrogen-bond donors (Lipinski definition) is 2. The Morgan fingerprint density at radius 1 is 1.50 bits per heavy atom. The SMILES string of the molecule is CCOc1c(Cl)cc(C(=O)NC2CCCNC2C)cc1OC. The van der Waals surface area contributed by atoms with E-state index in [1.54, 1.807) is 12.1 Å². The summed E-state index contributed by atoms with van der Waals surface area (Å²) in [5, 5.41) is 6.80. The van der Waals surface area contributed by atoms with E-state index >= 15 is 0 Å². The number of ether oxygens (including phenoxy) is 2. The first-order valence-corrected chi connectivity index (χ1v) is 7.99. The number of hydrogen-bond acceptors (Lipinski definition) is 4. The van der Waals surface area contributed by atoms with Crippen LogP contribution in [0.1, 0.15) is 37.0 Å². The zero-order valence-electron chi connectivity index (χ0n) is 13.2. The quantitative estimate of drug-likeness (QED) is 0.873. The van der Waals surface area contributed by atoms with E-state index in [9.17, 15) is 4.79 Å². The standard InChI is InChI=1S/C16H23ClN2O3/c1-4-22-15-12(17)8-11(9-14(15)21-3)16(20)19-13-6-5-7-18-10(13)2/h8-10,13,18H,4-7H2,1-3H3,(H,19,20). The van der Waals surface area contributed by atoms with Crippen LogP contribution in [0.15, 0.2) is 12.1 Å². The Labute approximate surface area is 136 Å². The van der Waals surface area contributed by atoms with Crippen LogP contribution < -0.4 is 20.1 Å². The van der Waals surface area contributed by atoms with Crippen molar-refractivity contribution in [2.24, 2.45) is 0 Å². The van der Waals surface area contributed by atoms with Crippen LogP contribution in [0.25, 0.3) is 0 Å². The van der Waals surface area contributed by atoms with Gasteiger partial charge in [0.05, 0.1) is 18.7 Å². The number of benzene rings is 1. The number of carbonyl (C=O) groups is 1. The minimum absolute atomic E-state index is 0.123. The van der Waals surface area contributed by atoms with Crippen LogP contribution in [0.5, 0.6) is 11.5 Å². The van der Waals surface area contributed by atoms with E-state index in [0.29, 0.717) is 28.7 Å². The molecule has 1 saturated heterocycles. The molecule has 0 saturated carbocycles. The van der Waals surface area contributed by atoms with Crippen LogP contribution in [0, 0.1) is 0 Å². The average molecular weight is 327 g/mol. The first kappa shape index (κ1) is 16.9. The van der Waals surface area contributed by atoms with Crippen molar-refractivity contribution in [3.05, 3.63) is 22.7 Å². The molecule has 122 valence electrons. The molecule has 1 aromatic carbocycles. The molecule has 0 aromatic heterocycles. The van der Waals surface area contributed by atoms with Gasteiger partial charge in [-0.05, 0) is 45.4 Å². The molecular formula is C16H23ClN2O3. The fourth-order valence-electron chi connectivity index (χ4n) is 2.63. The topological polar surface area (TPSA) is 59.6 Å². The molecule has 5 nitrogen and oxygen atoms in total. The van der Waals surface area contributed by atoms with E-state index in [1.807, 2.05) is 6.92 Å². The number of carbonyl (C=O) groups excluding carboxylic acids is 1. The number of methoxy groups -OCH3 is 1. The van der Waals surface area contributed by atoms with Crippen molar-refractivity contribution in [2.75, 3.05) is 20.3 Å². The van der Waals surface area contributed by atoms with Gasteiger partial charge in [0, 0.05) is 17.6 Å². The number of rotatable bonds is 5. The highest BCUT2D eigenvalue weighted by Crippen LogP contribution is 2.36. The second-order valence-corrected chi connectivity index (χ2v) is 5.79. The molecular weight excluding hydrogens is 304 g/mol. The summed E-state index contributed by atoms with van der Waals surface area (Å²) in [6.07, 6.45) is 2.03. The second-order valence-electron chi connectivity index (χ2n) is 5.39. The summed E-state index contributed by atoms with van der Waals surface area (Å²) >= 11 is 6.21. The van der Waals surface area contributed by atoms with Gasteiger partial charge in [0.25, 0.3) is 5.91 Å². The molecule has 1 aliphatic rings. The van der Waals surface area contributed by atoms with Crippen LogP contribution in [-0.4, -0.2) is 38.3 Å². The number of amides is 1. The molecule has 1 fully saturated rings. The molecule has 2 N–H and O–H groups in total. The predicted octanol–water partition coefficient (Wildman–Crippen LogP) is 2.62. The lowest BCUT2D eigenvalue weighted by Crippen LogP contribution is -2.51. The van der Waals surface area contributed by atoms with Crippen molar-refractivity contribution in [1.82, 2.24) is 10.6 Å². The van der Waals surface area contributed by atoms with E-state index in [1.165, 1.54) is 7.11 Å². The van der Waals surface area contributed by atoms with Crippen LogP contribution in [0.4, 0.5) is 0 Å². The molecule has 2 unspecified atom stereocenters. The highest BCUT2D eigenvalue weighted by molar-refractivity contribution is 6.32. The first-order valence-electron chi connectivity index (χ1n) is 7.61. The van der Waals surface area contributed by atoms with Gasteiger partial charge < -0.3 is 20.1 Å². The molecule has 0 radical (unpaired) electrons. The van der Waals surface area contributed by atoms with Gasteiger partial charge in [0.1, 0.15) is 0 Å². The first-order chi connectivity index (χ1) is 10.6. The van der Waals surface area contributed by atoms with E-state index in [4.69, 9.17) is 21.1 Å². The van der Waals surface area contributed by atoms with Gasteiger partial charge >= 0.3 is 0 Å². The highest BCUT2D eigenvalue weighted by atomic mass is 35.5. The fourth-order valence-corrected chi connectivity index (χ4v) is 2.89. The van der Waals surface area contributed by atoms with Crippen molar-refractivity contribution in [2.45, 2.75) is 38.8 Å². The zero-order valence-corrected chi connectivity index (χ0v) is 14.0. The number of nitrogens with one attached hydrogen (secondary N) is 2. The lowest BCUT2D eigenvalue weighted by Gasteiger charge is -2.30. The Morgan fingerprint density at radius 3 is 2.91 bits per heavy atom. The van der Waals surface area contributed by atoms with Gasteiger partial charge in [0.2, 0.25) is 0 Å². The molecule has 1 amide bonds. The van der Waals surface area contributed by atoms with E-state index in [2.05, 4.69) is 17.6 Å². The van der Waals surface area contributed by atoms with Crippen molar-refractivity contribution >= 4 is 17.5 Å². The molecule has 2 atom stereocenters. The van der Waals surface area contributed by atoms with Gasteiger partial charge in [0.15, 0.2) is 11.5 Å². The third kappa shape index (κ3) is 3.84. The molecule has 0 spiro atoms. The van der Waals surface area contributed by atoms with Crippen LogP contribution in [0.3, 0.4) is 0 Å². The molecule has 1 heterocycles. The molecule has 22 heavy (non-hydrogen) atoms. The van der Waals surface area contributed by atoms with E-state index < -0.39 is 0 Å². The van der Waals surface area contributed by atoms with Gasteiger partial charge in [-0.3, -0.25) is 4.79 Å². The van der Waals surface area contributed by atoms with Crippen molar-refractivity contribution in [1.29, 1.82) is 0 Å². The maximum atomic E-state index is 12.5. The van der Waals surface area contributed by atoms with Gasteiger partial charge in [-0.25, -0.2) is 0 Å². The highest BCUT2D eigenvalue weighted by Gasteiger charge is 2.24. The predicted molar refractivity (Wildman–Crippen MR) is 87.1 cm³/mol. The Hall–Kier alpha value is -1.46. The summed E-state index contributed by atoms with van der Waals surface area (Å²) in [6.45, 7) is 5.42. The van der Waals surface area contributed by atoms with Crippen molar-refractivity contribution in [3.8, 4) is 11.5 Å². The Balaban J connectivity index is 2.17. The van der Waals surface area contributed by atoms with Crippen LogP contribution >= 0.6 is 11.6 Å². The minimum atomic E-state index is -0.149. The van der Waals surface area contributed by atoms with Gasteiger partial charge in [-0.2, -0.15) is 0 Å². The van der Waals surface area contributed by atoms with Gasteiger partial charge in [-0.1, -0.05) is 11.6 Å². The van der Waals surface area contributed by atoms with Crippen molar-refractivity contribution in [3.63, 3.8) is 0 Å². The monoisotopic (exact) mass is 326 g/mol. The number of halogens is 1.